The molecule has 0 N–H and O–H groups in total. The maximum Gasteiger partial charge on any atom is 0.236 e. The van der Waals surface area contributed by atoms with E-state index in [9.17, 15) is 4.79 Å². The van der Waals surface area contributed by atoms with Crippen LogP contribution in [0.25, 0.3) is 10.2 Å². The summed E-state index contributed by atoms with van der Waals surface area (Å²) < 4.78 is 5.49. The average Bonchev–Trinajstić information content (AvgIpc) is 3.16. The third kappa shape index (κ3) is 4.06. The second-order valence-corrected chi connectivity index (χ2v) is 10.9. The van der Waals surface area contributed by atoms with Crippen molar-refractivity contribution >= 4 is 27.5 Å². The van der Waals surface area contributed by atoms with Gasteiger partial charge in [-0.25, -0.2) is 9.97 Å². The fraction of sp³-hybridized carbons (Fsp3) is 0.708. The predicted octanol–water partition coefficient (Wildman–Crippen LogP) is 2.64. The Morgan fingerprint density at radius 2 is 1.91 bits per heavy atom. The summed E-state index contributed by atoms with van der Waals surface area (Å²) in [6.07, 6.45) is 9.13. The summed E-state index contributed by atoms with van der Waals surface area (Å²) in [7, 11) is 0. The highest BCUT2D eigenvalue weighted by Crippen LogP contribution is 2.35. The molecule has 5 heterocycles. The van der Waals surface area contributed by atoms with Crippen molar-refractivity contribution in [2.24, 2.45) is 0 Å². The Kier molecular flexibility index (Phi) is 5.87. The monoisotopic (exact) mass is 455 g/mol. The smallest absolute Gasteiger partial charge is 0.236 e. The molecular formula is C24H33N5O2S. The molecule has 3 aliphatic heterocycles. The van der Waals surface area contributed by atoms with Crippen LogP contribution in [-0.2, 0) is 22.5 Å². The summed E-state index contributed by atoms with van der Waals surface area (Å²) in [5.74, 6) is 1.70. The number of carbonyl (C=O) groups excluding carboxylic acids is 1. The Balaban J connectivity index is 1.09. The number of thiophene rings is 1. The summed E-state index contributed by atoms with van der Waals surface area (Å²) in [6, 6.07) is 0.788. The van der Waals surface area contributed by atoms with Crippen molar-refractivity contribution in [2.45, 2.75) is 57.0 Å². The SMILES string of the molecule is O=C(CN1CCc2c(sc3nc(C4CCOCC4)ncc23)C1)N1CCN(C2CCC2)CC1. The third-order valence-corrected chi connectivity index (χ3v) is 9.03. The maximum atomic E-state index is 13.0. The quantitative estimate of drug-likeness (QED) is 0.706. The van der Waals surface area contributed by atoms with Crippen LogP contribution in [0, 0.1) is 0 Å². The third-order valence-electron chi connectivity index (χ3n) is 7.90. The minimum absolute atomic E-state index is 0.296. The number of piperazine rings is 1. The van der Waals surface area contributed by atoms with Crippen molar-refractivity contribution in [2.75, 3.05) is 52.5 Å². The summed E-state index contributed by atoms with van der Waals surface area (Å²) in [4.78, 5) is 32.1. The molecule has 1 saturated carbocycles. The zero-order valence-corrected chi connectivity index (χ0v) is 19.6. The molecule has 172 valence electrons. The molecule has 0 spiro atoms. The Morgan fingerprint density at radius 1 is 1.09 bits per heavy atom. The lowest BCUT2D eigenvalue weighted by molar-refractivity contribution is -0.135. The lowest BCUT2D eigenvalue weighted by Crippen LogP contribution is -2.55. The van der Waals surface area contributed by atoms with Crippen molar-refractivity contribution in [3.63, 3.8) is 0 Å². The summed E-state index contributed by atoms with van der Waals surface area (Å²) >= 11 is 1.80. The van der Waals surface area contributed by atoms with Gasteiger partial charge in [0.25, 0.3) is 0 Å². The van der Waals surface area contributed by atoms with E-state index in [0.717, 1.165) is 88.4 Å². The van der Waals surface area contributed by atoms with Gasteiger partial charge < -0.3 is 9.64 Å². The Morgan fingerprint density at radius 3 is 2.66 bits per heavy atom. The average molecular weight is 456 g/mol. The molecule has 1 amide bonds. The van der Waals surface area contributed by atoms with Crippen molar-refractivity contribution in [3.8, 4) is 0 Å². The molecular weight excluding hydrogens is 422 g/mol. The number of hydrogen-bond donors (Lipinski definition) is 0. The first-order chi connectivity index (χ1) is 15.7. The number of amides is 1. The van der Waals surface area contributed by atoms with Gasteiger partial charge in [-0.1, -0.05) is 6.42 Å². The molecule has 0 unspecified atom stereocenters. The van der Waals surface area contributed by atoms with Crippen molar-refractivity contribution in [3.05, 3.63) is 22.5 Å². The Hall–Kier alpha value is -1.61. The lowest BCUT2D eigenvalue weighted by Gasteiger charge is -2.43. The van der Waals surface area contributed by atoms with E-state index in [-0.39, 0.29) is 0 Å². The molecule has 0 radical (unpaired) electrons. The van der Waals surface area contributed by atoms with Crippen LogP contribution in [0.15, 0.2) is 6.20 Å². The van der Waals surface area contributed by atoms with Gasteiger partial charge in [0.2, 0.25) is 5.91 Å². The van der Waals surface area contributed by atoms with Gasteiger partial charge in [-0.3, -0.25) is 14.6 Å². The van der Waals surface area contributed by atoms with E-state index in [0.29, 0.717) is 18.4 Å². The highest BCUT2D eigenvalue weighted by atomic mass is 32.1. The zero-order chi connectivity index (χ0) is 21.5. The van der Waals surface area contributed by atoms with Gasteiger partial charge in [0.1, 0.15) is 10.7 Å². The van der Waals surface area contributed by atoms with Crippen LogP contribution >= 0.6 is 11.3 Å². The molecule has 0 aromatic carbocycles. The molecule has 8 heteroatoms. The normalized spacial score (nSPS) is 23.9. The first kappa shape index (κ1) is 21.0. The molecule has 7 nitrogen and oxygen atoms in total. The Labute approximate surface area is 193 Å². The van der Waals surface area contributed by atoms with Crippen molar-refractivity contribution in [1.29, 1.82) is 0 Å². The number of fused-ring (bicyclic) bond motifs is 3. The van der Waals surface area contributed by atoms with Gasteiger partial charge in [0.15, 0.2) is 0 Å². The highest BCUT2D eigenvalue weighted by Gasteiger charge is 2.31. The number of ether oxygens (including phenoxy) is 1. The van der Waals surface area contributed by atoms with Gasteiger partial charge in [-0.15, -0.1) is 11.3 Å². The van der Waals surface area contributed by atoms with Gasteiger partial charge in [0.05, 0.1) is 6.54 Å². The van der Waals surface area contributed by atoms with E-state index >= 15 is 0 Å². The van der Waals surface area contributed by atoms with Crippen LogP contribution in [-0.4, -0.2) is 89.1 Å². The summed E-state index contributed by atoms with van der Waals surface area (Å²) in [5.41, 5.74) is 1.40. The summed E-state index contributed by atoms with van der Waals surface area (Å²) in [5, 5.41) is 1.22. The first-order valence-electron chi connectivity index (χ1n) is 12.3. The van der Waals surface area contributed by atoms with Gasteiger partial charge >= 0.3 is 0 Å². The largest absolute Gasteiger partial charge is 0.381 e. The first-order valence-corrected chi connectivity index (χ1v) is 13.2. The number of hydrogen-bond acceptors (Lipinski definition) is 7. The van der Waals surface area contributed by atoms with E-state index in [1.54, 1.807) is 11.3 Å². The van der Waals surface area contributed by atoms with E-state index in [1.807, 2.05) is 6.20 Å². The molecule has 2 aromatic rings. The van der Waals surface area contributed by atoms with Crippen LogP contribution in [0.5, 0.6) is 0 Å². The molecule has 1 aliphatic carbocycles. The standard InChI is InChI=1S/C24H33N5O2S/c30-22(29-10-8-28(9-11-29)18-2-1-3-18)16-27-7-4-19-20-14-25-23(17-5-12-31-13-6-17)26-24(20)32-21(19)15-27/h14,17-18H,1-13,15-16H2. The molecule has 2 aromatic heterocycles. The minimum atomic E-state index is 0.296. The van der Waals surface area contributed by atoms with Crippen molar-refractivity contribution in [1.82, 2.24) is 24.7 Å². The lowest BCUT2D eigenvalue weighted by atomic mass is 9.91. The molecule has 4 aliphatic rings. The molecule has 0 atom stereocenters. The zero-order valence-electron chi connectivity index (χ0n) is 18.8. The second-order valence-electron chi connectivity index (χ2n) is 9.80. The number of carbonyl (C=O) groups is 1. The van der Waals surface area contributed by atoms with Gasteiger partial charge in [-0.05, 0) is 37.7 Å². The molecule has 32 heavy (non-hydrogen) atoms. The van der Waals surface area contributed by atoms with E-state index in [4.69, 9.17) is 14.7 Å². The van der Waals surface area contributed by atoms with Crippen LogP contribution in [0.4, 0.5) is 0 Å². The van der Waals surface area contributed by atoms with E-state index < -0.39 is 0 Å². The molecule has 2 saturated heterocycles. The second kappa shape index (κ2) is 8.97. The fourth-order valence-corrected chi connectivity index (χ4v) is 6.85. The molecule has 6 rings (SSSR count). The Bertz CT molecular complexity index is 976. The van der Waals surface area contributed by atoms with Crippen molar-refractivity contribution < 1.29 is 9.53 Å². The van der Waals surface area contributed by atoms with Crippen LogP contribution in [0.2, 0.25) is 0 Å². The highest BCUT2D eigenvalue weighted by molar-refractivity contribution is 7.18. The number of nitrogens with zero attached hydrogens (tertiary/aromatic N) is 5. The topological polar surface area (TPSA) is 61.8 Å². The van der Waals surface area contributed by atoms with Crippen LogP contribution < -0.4 is 0 Å². The van der Waals surface area contributed by atoms with Crippen LogP contribution in [0.1, 0.15) is 54.3 Å². The van der Waals surface area contributed by atoms with E-state index in [2.05, 4.69) is 14.7 Å². The molecule has 0 bridgehead atoms. The fourth-order valence-electron chi connectivity index (χ4n) is 5.61. The van der Waals surface area contributed by atoms with Gasteiger partial charge in [0, 0.05) is 80.9 Å². The van der Waals surface area contributed by atoms with Gasteiger partial charge in [-0.2, -0.15) is 0 Å². The van der Waals surface area contributed by atoms with E-state index in [1.165, 1.54) is 35.1 Å². The molecule has 3 fully saturated rings. The summed E-state index contributed by atoms with van der Waals surface area (Å²) in [6.45, 7) is 7.83. The minimum Gasteiger partial charge on any atom is -0.381 e. The van der Waals surface area contributed by atoms with Crippen LogP contribution in [0.3, 0.4) is 0 Å². The number of aromatic nitrogens is 2. The predicted molar refractivity (Wildman–Crippen MR) is 125 cm³/mol. The number of rotatable bonds is 4. The maximum absolute atomic E-state index is 13.0.